The summed E-state index contributed by atoms with van der Waals surface area (Å²) in [6.45, 7) is 5.38. The van der Waals surface area contributed by atoms with Crippen LogP contribution in [0.2, 0.25) is 0 Å². The van der Waals surface area contributed by atoms with Crippen LogP contribution in [0.4, 0.5) is 0 Å². The van der Waals surface area contributed by atoms with Gasteiger partial charge in [0.25, 0.3) is 5.82 Å². The Balaban J connectivity index is 0.00000147. The Morgan fingerprint density at radius 2 is 2.05 bits per heavy atom. The molecule has 1 aromatic heterocycles. The molecule has 0 atom stereocenters. The van der Waals surface area contributed by atoms with Crippen LogP contribution in [0.5, 0.6) is 0 Å². The highest BCUT2D eigenvalue weighted by molar-refractivity contribution is 5.74. The molecule has 0 fully saturated rings. The summed E-state index contributed by atoms with van der Waals surface area (Å²) < 4.78 is 4.22. The Hall–Kier alpha value is -1.17. The van der Waals surface area contributed by atoms with Gasteiger partial charge in [0.1, 0.15) is 17.4 Å². The van der Waals surface area contributed by atoms with Crippen LogP contribution in [0.25, 0.3) is 10.9 Å². The molecule has 106 valence electrons. The van der Waals surface area contributed by atoms with Gasteiger partial charge >= 0.3 is 5.56 Å². The van der Waals surface area contributed by atoms with Gasteiger partial charge in [0.05, 0.1) is 6.54 Å². The molecular weight excluding hydrogens is 363 g/mol. The van der Waals surface area contributed by atoms with Crippen LogP contribution in [-0.2, 0) is 19.5 Å². The minimum Gasteiger partial charge on any atom is -1.00 e. The number of halogens is 1. The molecule has 3 rings (SSSR count). The fourth-order valence-electron chi connectivity index (χ4n) is 3.00. The number of allylic oxidation sites excluding steroid dienone is 1. The normalized spacial score (nSPS) is 14.2. The van der Waals surface area contributed by atoms with E-state index in [0.717, 1.165) is 36.1 Å². The second-order valence-electron chi connectivity index (χ2n) is 5.10. The highest BCUT2D eigenvalue weighted by Crippen LogP contribution is 2.13. The van der Waals surface area contributed by atoms with Gasteiger partial charge in [-0.25, -0.2) is 9.36 Å². The van der Waals surface area contributed by atoms with E-state index in [1.807, 2.05) is 28.8 Å². The summed E-state index contributed by atoms with van der Waals surface area (Å²) in [5.41, 5.74) is 1.19. The molecule has 0 unspecified atom stereocenters. The molecular formula is C16H19IN2O. The van der Waals surface area contributed by atoms with Crippen molar-refractivity contribution in [2.75, 3.05) is 0 Å². The number of nitrogens with zero attached hydrogens (tertiary/aromatic N) is 2. The Labute approximate surface area is 136 Å². The van der Waals surface area contributed by atoms with E-state index >= 15 is 0 Å². The van der Waals surface area contributed by atoms with Crippen LogP contribution in [0.1, 0.15) is 25.1 Å². The summed E-state index contributed by atoms with van der Waals surface area (Å²) in [6.07, 6.45) is 6.37. The van der Waals surface area contributed by atoms with Crippen molar-refractivity contribution in [2.24, 2.45) is 0 Å². The molecule has 0 saturated carbocycles. The predicted octanol–water partition coefficient (Wildman–Crippen LogP) is -0.795. The highest BCUT2D eigenvalue weighted by atomic mass is 127. The number of hydrogen-bond acceptors (Lipinski definition) is 1. The molecule has 3 nitrogen and oxygen atoms in total. The fourth-order valence-corrected chi connectivity index (χ4v) is 3.00. The number of aryl methyl sites for hydroxylation is 1. The van der Waals surface area contributed by atoms with Crippen molar-refractivity contribution in [2.45, 2.75) is 38.8 Å². The lowest BCUT2D eigenvalue weighted by Gasteiger charge is -2.10. The summed E-state index contributed by atoms with van der Waals surface area (Å²) in [6, 6.07) is 7.93. The lowest BCUT2D eigenvalue weighted by atomic mass is 10.2. The first-order valence-electron chi connectivity index (χ1n) is 6.98. The summed E-state index contributed by atoms with van der Waals surface area (Å²) in [4.78, 5) is 12.6. The van der Waals surface area contributed by atoms with Crippen molar-refractivity contribution in [3.05, 3.63) is 53.1 Å². The summed E-state index contributed by atoms with van der Waals surface area (Å²) in [5.74, 6) is 1.15. The number of rotatable bonds is 2. The largest absolute Gasteiger partial charge is 1.00 e. The van der Waals surface area contributed by atoms with Gasteiger partial charge in [-0.15, -0.1) is 0 Å². The number of benzene rings is 1. The monoisotopic (exact) mass is 382 g/mol. The maximum absolute atomic E-state index is 12.6. The molecule has 1 aliphatic rings. The number of fused-ring (bicyclic) bond motifs is 3. The van der Waals surface area contributed by atoms with Crippen LogP contribution in [0.3, 0.4) is 0 Å². The van der Waals surface area contributed by atoms with Crippen molar-refractivity contribution < 1.29 is 28.5 Å². The molecule has 2 heterocycles. The van der Waals surface area contributed by atoms with Crippen molar-refractivity contribution in [1.29, 1.82) is 0 Å². The van der Waals surface area contributed by atoms with Gasteiger partial charge in [0.15, 0.2) is 0 Å². The SMILES string of the molecule is C=CCn1c2[n+](c3ccccc3c1=O)CCCCC2.[I-]. The first-order chi connectivity index (χ1) is 9.33. The number of para-hydroxylation sites is 1. The van der Waals surface area contributed by atoms with Crippen molar-refractivity contribution >= 4 is 10.9 Å². The average Bonchev–Trinajstić information content (AvgIpc) is 2.69. The van der Waals surface area contributed by atoms with Gasteiger partial charge in [0, 0.05) is 6.42 Å². The lowest BCUT2D eigenvalue weighted by Crippen LogP contribution is -3.00. The number of aromatic nitrogens is 2. The molecule has 0 N–H and O–H groups in total. The third kappa shape index (κ3) is 2.53. The van der Waals surface area contributed by atoms with E-state index in [1.54, 1.807) is 0 Å². The van der Waals surface area contributed by atoms with Gasteiger partial charge in [-0.3, -0.25) is 0 Å². The van der Waals surface area contributed by atoms with Crippen LogP contribution >= 0.6 is 0 Å². The quantitative estimate of drug-likeness (QED) is 0.380. The second-order valence-corrected chi connectivity index (χ2v) is 5.10. The van der Waals surface area contributed by atoms with Crippen LogP contribution in [-0.4, -0.2) is 4.57 Å². The maximum Gasteiger partial charge on any atom is 0.345 e. The summed E-state index contributed by atoms with van der Waals surface area (Å²) in [7, 11) is 0. The Morgan fingerprint density at radius 3 is 2.85 bits per heavy atom. The number of hydrogen-bond donors (Lipinski definition) is 0. The van der Waals surface area contributed by atoms with Crippen molar-refractivity contribution in [3.63, 3.8) is 0 Å². The second kappa shape index (κ2) is 6.52. The molecule has 20 heavy (non-hydrogen) atoms. The predicted molar refractivity (Wildman–Crippen MR) is 76.2 cm³/mol. The molecule has 1 aromatic carbocycles. The van der Waals surface area contributed by atoms with E-state index in [0.29, 0.717) is 6.54 Å². The minimum absolute atomic E-state index is 0. The Morgan fingerprint density at radius 1 is 1.25 bits per heavy atom. The summed E-state index contributed by atoms with van der Waals surface area (Å²) in [5, 5.41) is 0.815. The smallest absolute Gasteiger partial charge is 0.345 e. The van der Waals surface area contributed by atoms with E-state index in [-0.39, 0.29) is 29.5 Å². The highest BCUT2D eigenvalue weighted by Gasteiger charge is 2.23. The van der Waals surface area contributed by atoms with Gasteiger partial charge < -0.3 is 24.0 Å². The zero-order valence-electron chi connectivity index (χ0n) is 11.5. The van der Waals surface area contributed by atoms with Gasteiger partial charge in [0.2, 0.25) is 0 Å². The molecule has 0 saturated heterocycles. The zero-order chi connectivity index (χ0) is 13.2. The van der Waals surface area contributed by atoms with Gasteiger partial charge in [-0.2, -0.15) is 4.57 Å². The molecule has 0 bridgehead atoms. The zero-order valence-corrected chi connectivity index (χ0v) is 13.7. The lowest BCUT2D eigenvalue weighted by molar-refractivity contribution is -0.682. The molecule has 4 heteroatoms. The first kappa shape index (κ1) is 15.2. The van der Waals surface area contributed by atoms with E-state index in [2.05, 4.69) is 17.2 Å². The van der Waals surface area contributed by atoms with Crippen molar-refractivity contribution in [3.8, 4) is 0 Å². The van der Waals surface area contributed by atoms with Crippen LogP contribution in [0, 0.1) is 0 Å². The van der Waals surface area contributed by atoms with Gasteiger partial charge in [-0.1, -0.05) is 24.8 Å². The maximum atomic E-state index is 12.6. The Bertz CT molecular complexity index is 691. The summed E-state index contributed by atoms with van der Waals surface area (Å²) >= 11 is 0. The van der Waals surface area contributed by atoms with E-state index in [4.69, 9.17) is 0 Å². The molecule has 1 aliphatic heterocycles. The van der Waals surface area contributed by atoms with Gasteiger partial charge in [-0.05, 0) is 31.4 Å². The molecule has 0 spiro atoms. The van der Waals surface area contributed by atoms with E-state index < -0.39 is 0 Å². The minimum atomic E-state index is 0. The first-order valence-corrected chi connectivity index (χ1v) is 6.98. The fraction of sp³-hybridized carbons (Fsp3) is 0.375. The van der Waals surface area contributed by atoms with Crippen LogP contribution in [0.15, 0.2) is 41.7 Å². The molecule has 0 amide bonds. The van der Waals surface area contributed by atoms with Crippen molar-refractivity contribution in [1.82, 2.24) is 4.57 Å². The molecule has 2 aromatic rings. The molecule has 0 aliphatic carbocycles. The topological polar surface area (TPSA) is 25.9 Å². The molecule has 0 radical (unpaired) electrons. The van der Waals surface area contributed by atoms with Crippen LogP contribution < -0.4 is 34.1 Å². The standard InChI is InChI=1S/C16H19N2O.HI/c1-2-11-18-15-10-4-3-7-12-17(15)14-9-6-5-8-13(14)16(18)19;/h2,5-6,8-9H,1,3-4,7,10-12H2;1H/q+1;/p-1. The third-order valence-electron chi connectivity index (χ3n) is 3.89. The third-order valence-corrected chi connectivity index (χ3v) is 3.89. The van der Waals surface area contributed by atoms with E-state index in [1.165, 1.54) is 12.8 Å². The Kier molecular flexibility index (Phi) is 4.96. The average molecular weight is 382 g/mol. The van der Waals surface area contributed by atoms with E-state index in [9.17, 15) is 4.79 Å².